The number of rotatable bonds is 6. The molecule has 0 aliphatic rings. The zero-order chi connectivity index (χ0) is 16.1. The predicted molar refractivity (Wildman–Crippen MR) is 84.2 cm³/mol. The molecule has 1 aromatic carbocycles. The third kappa shape index (κ3) is 3.41. The molecule has 0 N–H and O–H groups in total. The second-order valence-electron chi connectivity index (χ2n) is 4.39. The van der Waals surface area contributed by atoms with Gasteiger partial charge in [0.25, 0.3) is 0 Å². The van der Waals surface area contributed by atoms with Crippen LogP contribution in [0.2, 0.25) is 0 Å². The number of benzene rings is 1. The number of carbonyl (C=O) groups excluding carboxylic acids is 1. The summed E-state index contributed by atoms with van der Waals surface area (Å²) >= 11 is 3.39. The first-order chi connectivity index (χ1) is 10.6. The second kappa shape index (κ2) is 7.31. The van der Waals surface area contributed by atoms with Crippen molar-refractivity contribution in [2.75, 3.05) is 13.7 Å². The van der Waals surface area contributed by atoms with E-state index in [9.17, 15) is 4.79 Å². The van der Waals surface area contributed by atoms with Gasteiger partial charge in [0, 0.05) is 7.05 Å². The van der Waals surface area contributed by atoms with E-state index in [0.717, 1.165) is 0 Å². The topological polar surface area (TPSA) is 62.6 Å². The highest BCUT2D eigenvalue weighted by molar-refractivity contribution is 9.10. The van der Waals surface area contributed by atoms with Crippen molar-refractivity contribution < 1.29 is 19.0 Å². The van der Waals surface area contributed by atoms with E-state index in [1.807, 2.05) is 24.3 Å². The molecule has 118 valence electrons. The van der Waals surface area contributed by atoms with Crippen LogP contribution in [-0.2, 0) is 18.4 Å². The van der Waals surface area contributed by atoms with Crippen LogP contribution in [0.1, 0.15) is 23.1 Å². The zero-order valence-electron chi connectivity index (χ0n) is 12.6. The van der Waals surface area contributed by atoms with Crippen LogP contribution in [0.5, 0.6) is 11.5 Å². The van der Waals surface area contributed by atoms with Gasteiger partial charge >= 0.3 is 5.97 Å². The number of halogens is 1. The Balaban J connectivity index is 2.17. The highest BCUT2D eigenvalue weighted by Crippen LogP contribution is 2.28. The van der Waals surface area contributed by atoms with Gasteiger partial charge in [0.1, 0.15) is 12.3 Å². The van der Waals surface area contributed by atoms with E-state index in [-0.39, 0.29) is 6.61 Å². The molecule has 0 bridgehead atoms. The number of para-hydroxylation sites is 2. The molecule has 0 aliphatic heterocycles. The molecule has 0 saturated carbocycles. The lowest BCUT2D eigenvalue weighted by Crippen LogP contribution is -2.10. The monoisotopic (exact) mass is 368 g/mol. The molecule has 22 heavy (non-hydrogen) atoms. The lowest BCUT2D eigenvalue weighted by Gasteiger charge is -2.09. The molecule has 0 radical (unpaired) electrons. The Morgan fingerprint density at radius 2 is 2.00 bits per heavy atom. The van der Waals surface area contributed by atoms with Crippen LogP contribution in [0.25, 0.3) is 0 Å². The van der Waals surface area contributed by atoms with Crippen LogP contribution in [0, 0.1) is 0 Å². The minimum absolute atomic E-state index is 0.203. The van der Waals surface area contributed by atoms with Crippen LogP contribution in [-0.4, -0.2) is 29.5 Å². The van der Waals surface area contributed by atoms with Gasteiger partial charge in [0.15, 0.2) is 17.2 Å². The van der Waals surface area contributed by atoms with Crippen LogP contribution in [0.4, 0.5) is 0 Å². The molecular weight excluding hydrogens is 352 g/mol. The van der Waals surface area contributed by atoms with Crippen molar-refractivity contribution >= 4 is 21.9 Å². The Hall–Kier alpha value is -2.02. The molecule has 1 heterocycles. The van der Waals surface area contributed by atoms with Gasteiger partial charge in [-0.1, -0.05) is 12.1 Å². The lowest BCUT2D eigenvalue weighted by molar-refractivity contribution is 0.0512. The van der Waals surface area contributed by atoms with Crippen molar-refractivity contribution in [2.24, 2.45) is 7.05 Å². The number of esters is 1. The fourth-order valence-electron chi connectivity index (χ4n) is 1.95. The molecule has 2 rings (SSSR count). The molecule has 6 nitrogen and oxygen atoms in total. The maximum Gasteiger partial charge on any atom is 0.357 e. The highest BCUT2D eigenvalue weighted by Gasteiger charge is 2.21. The van der Waals surface area contributed by atoms with Gasteiger partial charge in [-0.05, 0) is 35.0 Å². The number of nitrogens with zero attached hydrogens (tertiary/aromatic N) is 2. The van der Waals surface area contributed by atoms with Gasteiger partial charge in [0.05, 0.1) is 18.2 Å². The number of aromatic nitrogens is 2. The van der Waals surface area contributed by atoms with E-state index in [4.69, 9.17) is 14.2 Å². The van der Waals surface area contributed by atoms with Crippen molar-refractivity contribution in [1.29, 1.82) is 0 Å². The number of carbonyl (C=O) groups is 1. The fourth-order valence-corrected chi connectivity index (χ4v) is 2.56. The number of hydrogen-bond donors (Lipinski definition) is 0. The van der Waals surface area contributed by atoms with Crippen molar-refractivity contribution in [3.63, 3.8) is 0 Å². The summed E-state index contributed by atoms with van der Waals surface area (Å²) in [7, 11) is 3.27. The normalized spacial score (nSPS) is 10.4. The largest absolute Gasteiger partial charge is 0.493 e. The number of ether oxygens (including phenoxy) is 3. The fraction of sp³-hybridized carbons (Fsp3) is 0.333. The number of methoxy groups -OCH3 is 1. The molecule has 0 saturated heterocycles. The second-order valence-corrected chi connectivity index (χ2v) is 5.19. The van der Waals surface area contributed by atoms with Crippen molar-refractivity contribution in [3.05, 3.63) is 40.1 Å². The summed E-state index contributed by atoms with van der Waals surface area (Å²) in [6.45, 7) is 2.27. The van der Waals surface area contributed by atoms with Crippen molar-refractivity contribution in [2.45, 2.75) is 13.5 Å². The molecular formula is C15H17BrN2O4. The van der Waals surface area contributed by atoms with Crippen molar-refractivity contribution in [1.82, 2.24) is 9.78 Å². The number of hydrogen-bond acceptors (Lipinski definition) is 5. The third-order valence-electron chi connectivity index (χ3n) is 2.96. The Bertz CT molecular complexity index is 670. The Kier molecular flexibility index (Phi) is 5.43. The molecule has 2 aromatic rings. The van der Waals surface area contributed by atoms with Crippen LogP contribution < -0.4 is 9.47 Å². The predicted octanol–water partition coefficient (Wildman–Crippen LogP) is 2.95. The van der Waals surface area contributed by atoms with Gasteiger partial charge in [-0.15, -0.1) is 0 Å². The first-order valence-electron chi connectivity index (χ1n) is 6.72. The molecule has 0 spiro atoms. The van der Waals surface area contributed by atoms with Gasteiger partial charge in [-0.2, -0.15) is 5.10 Å². The van der Waals surface area contributed by atoms with Crippen molar-refractivity contribution in [3.8, 4) is 11.5 Å². The first-order valence-corrected chi connectivity index (χ1v) is 7.52. The van der Waals surface area contributed by atoms with E-state index < -0.39 is 5.97 Å². The summed E-state index contributed by atoms with van der Waals surface area (Å²) < 4.78 is 18.0. The molecule has 0 atom stereocenters. The molecule has 0 amide bonds. The lowest BCUT2D eigenvalue weighted by atomic mass is 10.3. The van der Waals surface area contributed by atoms with Gasteiger partial charge in [-0.3, -0.25) is 4.68 Å². The zero-order valence-corrected chi connectivity index (χ0v) is 14.2. The highest BCUT2D eigenvalue weighted by atomic mass is 79.9. The van der Waals surface area contributed by atoms with Crippen LogP contribution >= 0.6 is 15.9 Å². The Morgan fingerprint density at radius 1 is 1.32 bits per heavy atom. The minimum atomic E-state index is -0.423. The van der Waals surface area contributed by atoms with Gasteiger partial charge in [0.2, 0.25) is 0 Å². The third-order valence-corrected chi connectivity index (χ3v) is 3.79. The maximum absolute atomic E-state index is 11.9. The summed E-state index contributed by atoms with van der Waals surface area (Å²) in [5, 5.41) is 4.29. The van der Waals surface area contributed by atoms with E-state index in [0.29, 0.717) is 34.0 Å². The molecule has 0 aliphatic carbocycles. The summed E-state index contributed by atoms with van der Waals surface area (Å²) in [6, 6.07) is 7.34. The average molecular weight is 369 g/mol. The first kappa shape index (κ1) is 16.4. The summed E-state index contributed by atoms with van der Waals surface area (Å²) in [4.78, 5) is 11.9. The van der Waals surface area contributed by atoms with E-state index in [2.05, 4.69) is 21.0 Å². The van der Waals surface area contributed by atoms with Crippen LogP contribution in [0.3, 0.4) is 0 Å². The Morgan fingerprint density at radius 3 is 2.64 bits per heavy atom. The molecule has 0 fully saturated rings. The quantitative estimate of drug-likeness (QED) is 0.733. The summed E-state index contributed by atoms with van der Waals surface area (Å²) in [5.74, 6) is 0.827. The maximum atomic E-state index is 11.9. The minimum Gasteiger partial charge on any atom is -0.493 e. The average Bonchev–Trinajstić information content (AvgIpc) is 2.80. The molecule has 7 heteroatoms. The van der Waals surface area contributed by atoms with E-state index in [1.165, 1.54) is 4.68 Å². The van der Waals surface area contributed by atoms with Gasteiger partial charge < -0.3 is 14.2 Å². The van der Waals surface area contributed by atoms with E-state index in [1.54, 1.807) is 21.1 Å². The van der Waals surface area contributed by atoms with E-state index >= 15 is 0 Å². The standard InChI is InChI=1S/C15H17BrN2O4/c1-4-21-15(19)14-13(16)10(17-18(14)2)9-22-12-8-6-5-7-11(12)20-3/h5-8H,4,9H2,1-3H3. The summed E-state index contributed by atoms with van der Waals surface area (Å²) in [5.41, 5.74) is 0.969. The SMILES string of the molecule is CCOC(=O)c1c(Br)c(COc2ccccc2OC)nn1C. The molecule has 1 aromatic heterocycles. The summed E-state index contributed by atoms with van der Waals surface area (Å²) in [6.07, 6.45) is 0. The molecule has 0 unspecified atom stereocenters. The Labute approximate surface area is 137 Å². The smallest absolute Gasteiger partial charge is 0.357 e. The van der Waals surface area contributed by atoms with Gasteiger partial charge in [-0.25, -0.2) is 4.79 Å². The number of aryl methyl sites for hydroxylation is 1. The van der Waals surface area contributed by atoms with Crippen LogP contribution in [0.15, 0.2) is 28.7 Å².